The number of hydrogen-bond donors (Lipinski definition) is 1. The summed E-state index contributed by atoms with van der Waals surface area (Å²) in [5.41, 5.74) is 2.54. The van der Waals surface area contributed by atoms with Crippen LogP contribution < -0.4 is 19.1 Å². The standard InChI is InChI=1S/C34H33ClN2O6S/c1-5-41-27-16-20(6-11-26(27)42-13-12-18(2)3)30-29(31(38)21-7-10-25-22(15-21)14-19(4)43-25)32(39)33(40)37(30)34-36-24-9-8-23(35)17-28(24)44-34/h6-11,15-19,30,38H,5,12-14H2,1-4H3/b31-29+/t19-,30-/m1/s1. The van der Waals surface area contributed by atoms with Gasteiger partial charge in [-0.3, -0.25) is 14.5 Å². The fraction of sp³-hybridized carbons (Fsp3) is 0.324. The molecule has 1 fully saturated rings. The van der Waals surface area contributed by atoms with Gasteiger partial charge in [-0.1, -0.05) is 42.9 Å². The summed E-state index contributed by atoms with van der Waals surface area (Å²) in [6.07, 6.45) is 1.57. The molecule has 0 saturated carbocycles. The van der Waals surface area contributed by atoms with Crippen molar-refractivity contribution in [3.8, 4) is 17.2 Å². The molecule has 3 aromatic carbocycles. The first-order chi connectivity index (χ1) is 21.1. The van der Waals surface area contributed by atoms with Crippen molar-refractivity contribution in [3.05, 3.63) is 81.9 Å². The van der Waals surface area contributed by atoms with Gasteiger partial charge in [-0.2, -0.15) is 0 Å². The van der Waals surface area contributed by atoms with Crippen molar-refractivity contribution < 1.29 is 28.9 Å². The van der Waals surface area contributed by atoms with Gasteiger partial charge in [0.15, 0.2) is 16.6 Å². The maximum absolute atomic E-state index is 13.8. The van der Waals surface area contributed by atoms with Crippen LogP contribution in [0.3, 0.4) is 0 Å². The highest BCUT2D eigenvalue weighted by molar-refractivity contribution is 7.22. The van der Waals surface area contributed by atoms with Crippen molar-refractivity contribution in [2.24, 2.45) is 5.92 Å². The number of ketones is 1. The Bertz CT molecular complexity index is 1800. The molecule has 2 atom stereocenters. The predicted octanol–water partition coefficient (Wildman–Crippen LogP) is 7.72. The van der Waals surface area contributed by atoms with Crippen molar-refractivity contribution >= 4 is 55.7 Å². The lowest BCUT2D eigenvalue weighted by molar-refractivity contribution is -0.132. The number of carbonyl (C=O) groups is 2. The van der Waals surface area contributed by atoms with E-state index < -0.39 is 17.7 Å². The molecule has 2 aliphatic rings. The SMILES string of the molecule is CCOc1cc([C@@H]2/C(=C(\O)c3ccc4c(c3)C[C@@H](C)O4)C(=O)C(=O)N2c2nc3ccc(Cl)cc3s2)ccc1OCCC(C)C. The summed E-state index contributed by atoms with van der Waals surface area (Å²) in [4.78, 5) is 33.6. The molecule has 3 heterocycles. The predicted molar refractivity (Wildman–Crippen MR) is 172 cm³/mol. The van der Waals surface area contributed by atoms with E-state index in [1.165, 1.54) is 16.2 Å². The number of carbonyl (C=O) groups excluding carboxylic acids is 2. The maximum atomic E-state index is 13.8. The van der Waals surface area contributed by atoms with Crippen LogP contribution in [0.25, 0.3) is 16.0 Å². The van der Waals surface area contributed by atoms with Gasteiger partial charge in [-0.25, -0.2) is 4.98 Å². The van der Waals surface area contributed by atoms with Gasteiger partial charge >= 0.3 is 5.91 Å². The van der Waals surface area contributed by atoms with E-state index in [-0.39, 0.29) is 17.4 Å². The summed E-state index contributed by atoms with van der Waals surface area (Å²) in [7, 11) is 0. The second kappa shape index (κ2) is 12.1. The molecular weight excluding hydrogens is 600 g/mol. The molecule has 1 saturated heterocycles. The van der Waals surface area contributed by atoms with E-state index in [2.05, 4.69) is 18.8 Å². The van der Waals surface area contributed by atoms with Crippen molar-refractivity contribution in [2.45, 2.75) is 52.7 Å². The molecule has 0 bridgehead atoms. The Hall–Kier alpha value is -4.08. The molecule has 1 amide bonds. The second-order valence-electron chi connectivity index (χ2n) is 11.4. The Morgan fingerprint density at radius 1 is 1.11 bits per heavy atom. The molecule has 10 heteroatoms. The third-order valence-corrected chi connectivity index (χ3v) is 8.95. The van der Waals surface area contributed by atoms with E-state index in [1.54, 1.807) is 48.5 Å². The number of nitrogens with zero attached hydrogens (tertiary/aromatic N) is 2. The fourth-order valence-corrected chi connectivity index (χ4v) is 6.81. The average molecular weight is 633 g/mol. The van der Waals surface area contributed by atoms with Crippen molar-refractivity contribution in [2.75, 3.05) is 18.1 Å². The number of rotatable bonds is 9. The number of aromatic nitrogens is 1. The monoisotopic (exact) mass is 632 g/mol. The number of aliphatic hydroxyl groups excluding tert-OH is 1. The molecule has 2 aliphatic heterocycles. The van der Waals surface area contributed by atoms with Gasteiger partial charge < -0.3 is 19.3 Å². The number of thiazole rings is 1. The molecule has 8 nitrogen and oxygen atoms in total. The summed E-state index contributed by atoms with van der Waals surface area (Å²) in [5.74, 6) is 0.420. The molecule has 1 aromatic heterocycles. The smallest absolute Gasteiger partial charge is 0.301 e. The van der Waals surface area contributed by atoms with E-state index >= 15 is 0 Å². The van der Waals surface area contributed by atoms with Crippen LogP contribution in [0.1, 0.15) is 56.8 Å². The number of anilines is 1. The number of halogens is 1. The van der Waals surface area contributed by atoms with Gasteiger partial charge in [0.25, 0.3) is 5.78 Å². The van der Waals surface area contributed by atoms with Crippen LogP contribution in [-0.4, -0.2) is 41.1 Å². The van der Waals surface area contributed by atoms with Crippen LogP contribution in [-0.2, 0) is 16.0 Å². The lowest BCUT2D eigenvalue weighted by Crippen LogP contribution is -2.29. The first kappa shape index (κ1) is 30.0. The zero-order chi connectivity index (χ0) is 31.1. The lowest BCUT2D eigenvalue weighted by Gasteiger charge is -2.24. The van der Waals surface area contributed by atoms with Gasteiger partial charge in [0, 0.05) is 17.0 Å². The summed E-state index contributed by atoms with van der Waals surface area (Å²) >= 11 is 7.48. The number of benzene rings is 3. The first-order valence-electron chi connectivity index (χ1n) is 14.7. The maximum Gasteiger partial charge on any atom is 0.301 e. The summed E-state index contributed by atoms with van der Waals surface area (Å²) in [6.45, 7) is 9.01. The summed E-state index contributed by atoms with van der Waals surface area (Å²) in [6, 6.07) is 15.0. The van der Waals surface area contributed by atoms with E-state index in [4.69, 9.17) is 25.8 Å². The minimum absolute atomic E-state index is 0.0128. The van der Waals surface area contributed by atoms with Crippen molar-refractivity contribution in [1.29, 1.82) is 0 Å². The zero-order valence-corrected chi connectivity index (χ0v) is 26.5. The minimum Gasteiger partial charge on any atom is -0.507 e. The molecule has 6 rings (SSSR count). The van der Waals surface area contributed by atoms with Crippen LogP contribution in [0.15, 0.2) is 60.2 Å². The van der Waals surface area contributed by atoms with E-state index in [9.17, 15) is 14.7 Å². The third-order valence-electron chi connectivity index (χ3n) is 7.70. The van der Waals surface area contributed by atoms with Crippen LogP contribution in [0.4, 0.5) is 5.13 Å². The molecule has 4 aromatic rings. The quantitative estimate of drug-likeness (QED) is 0.115. The highest BCUT2D eigenvalue weighted by atomic mass is 35.5. The summed E-state index contributed by atoms with van der Waals surface area (Å²) in [5, 5.41) is 12.6. The first-order valence-corrected chi connectivity index (χ1v) is 15.9. The van der Waals surface area contributed by atoms with Gasteiger partial charge in [0.05, 0.1) is 35.0 Å². The molecule has 0 spiro atoms. The number of ether oxygens (including phenoxy) is 3. The largest absolute Gasteiger partial charge is 0.507 e. The summed E-state index contributed by atoms with van der Waals surface area (Å²) < 4.78 is 18.6. The Balaban J connectivity index is 1.50. The number of Topliss-reactive ketones (excluding diaryl/α,β-unsaturated/α-hetero) is 1. The number of aliphatic hydroxyl groups is 1. The second-order valence-corrected chi connectivity index (χ2v) is 12.8. The van der Waals surface area contributed by atoms with Gasteiger partial charge in [-0.15, -0.1) is 0 Å². The molecule has 0 unspecified atom stereocenters. The third kappa shape index (κ3) is 5.62. The Labute approximate surface area is 264 Å². The highest BCUT2D eigenvalue weighted by Crippen LogP contribution is 2.46. The molecule has 44 heavy (non-hydrogen) atoms. The number of fused-ring (bicyclic) bond motifs is 2. The molecular formula is C34H33ClN2O6S. The topological polar surface area (TPSA) is 98.2 Å². The van der Waals surface area contributed by atoms with E-state index in [1.807, 2.05) is 19.9 Å². The molecule has 0 aliphatic carbocycles. The minimum atomic E-state index is -0.974. The number of amides is 1. The van der Waals surface area contributed by atoms with Crippen LogP contribution in [0.5, 0.6) is 17.2 Å². The van der Waals surface area contributed by atoms with Gasteiger partial charge in [0.1, 0.15) is 17.6 Å². The van der Waals surface area contributed by atoms with Crippen LogP contribution in [0, 0.1) is 5.92 Å². The van der Waals surface area contributed by atoms with Gasteiger partial charge in [-0.05, 0) is 85.8 Å². The van der Waals surface area contributed by atoms with Crippen LogP contribution in [0.2, 0.25) is 5.02 Å². The normalized spacial score (nSPS) is 19.1. The Kier molecular flexibility index (Phi) is 8.26. The highest BCUT2D eigenvalue weighted by Gasteiger charge is 2.48. The average Bonchev–Trinajstić information content (AvgIpc) is 3.65. The van der Waals surface area contributed by atoms with E-state index in [0.717, 1.165) is 22.4 Å². The lowest BCUT2D eigenvalue weighted by atomic mass is 9.94. The van der Waals surface area contributed by atoms with Crippen molar-refractivity contribution in [3.63, 3.8) is 0 Å². The Morgan fingerprint density at radius 3 is 2.70 bits per heavy atom. The van der Waals surface area contributed by atoms with Gasteiger partial charge in [0.2, 0.25) is 0 Å². The molecule has 228 valence electrons. The molecule has 1 N–H and O–H groups in total. The zero-order valence-electron chi connectivity index (χ0n) is 24.9. The Morgan fingerprint density at radius 2 is 1.93 bits per heavy atom. The molecule has 0 radical (unpaired) electrons. The van der Waals surface area contributed by atoms with E-state index in [0.29, 0.717) is 63.8 Å². The van der Waals surface area contributed by atoms with Crippen molar-refractivity contribution in [1.82, 2.24) is 4.98 Å². The number of hydrogen-bond acceptors (Lipinski definition) is 8. The fourth-order valence-electron chi connectivity index (χ4n) is 5.55. The van der Waals surface area contributed by atoms with Crippen LogP contribution >= 0.6 is 22.9 Å².